The van der Waals surface area contributed by atoms with Gasteiger partial charge in [0.1, 0.15) is 5.82 Å². The van der Waals surface area contributed by atoms with Gasteiger partial charge >= 0.3 is 6.16 Å². The van der Waals surface area contributed by atoms with E-state index in [-0.39, 0.29) is 24.3 Å². The van der Waals surface area contributed by atoms with E-state index in [1.165, 1.54) is 0 Å². The number of rotatable bonds is 7. The lowest BCUT2D eigenvalue weighted by Gasteiger charge is -2.27. The first-order chi connectivity index (χ1) is 21.3. The number of aromatic nitrogens is 3. The fourth-order valence-electron chi connectivity index (χ4n) is 5.12. The summed E-state index contributed by atoms with van der Waals surface area (Å²) in [6.45, 7) is 2.96. The molecule has 12 nitrogen and oxygen atoms in total. The van der Waals surface area contributed by atoms with Gasteiger partial charge in [0.25, 0.3) is 0 Å². The number of hydrogen-bond acceptors (Lipinski definition) is 11. The highest BCUT2D eigenvalue weighted by molar-refractivity contribution is 5.83. The van der Waals surface area contributed by atoms with Crippen LogP contribution in [0.4, 0.5) is 16.6 Å². The number of nitrogens with zero attached hydrogens (tertiary/aromatic N) is 3. The van der Waals surface area contributed by atoms with Crippen LogP contribution in [0.25, 0.3) is 10.9 Å². The largest absolute Gasteiger partial charge is 0.514 e. The van der Waals surface area contributed by atoms with Gasteiger partial charge in [0.05, 0.1) is 38.1 Å². The average Bonchev–Trinajstić information content (AvgIpc) is 3.02. The van der Waals surface area contributed by atoms with Crippen molar-refractivity contribution in [1.82, 2.24) is 14.5 Å². The number of pyridine rings is 1. The van der Waals surface area contributed by atoms with E-state index in [9.17, 15) is 9.59 Å². The smallest absolute Gasteiger partial charge is 0.493 e. The fraction of sp³-hybridized carbons (Fsp3) is 0.312. The third kappa shape index (κ3) is 6.53. The third-order valence-electron chi connectivity index (χ3n) is 7.23. The lowest BCUT2D eigenvalue weighted by atomic mass is 10.0. The number of ether oxygens (including phenoxy) is 5. The molecule has 3 heterocycles. The predicted octanol–water partition coefficient (Wildman–Crippen LogP) is 3.85. The number of hydrogen-bond donors (Lipinski definition) is 2. The maximum atomic E-state index is 13.3. The molecule has 1 aliphatic heterocycles. The summed E-state index contributed by atoms with van der Waals surface area (Å²) in [6, 6.07) is 9.06. The molecule has 0 atom stereocenters. The highest BCUT2D eigenvalue weighted by Crippen LogP contribution is 2.34. The first-order valence-corrected chi connectivity index (χ1v) is 14.1. The highest BCUT2D eigenvalue weighted by Gasteiger charge is 2.21. The lowest BCUT2D eigenvalue weighted by molar-refractivity contribution is 0.0701. The van der Waals surface area contributed by atoms with Gasteiger partial charge in [-0.15, -0.1) is 0 Å². The zero-order valence-electron chi connectivity index (χ0n) is 24.7. The molecule has 0 saturated carbocycles. The molecule has 0 amide bonds. The fourth-order valence-corrected chi connectivity index (χ4v) is 5.12. The number of carbonyl (C=O) groups is 1. The van der Waals surface area contributed by atoms with Crippen molar-refractivity contribution in [2.45, 2.75) is 32.2 Å². The van der Waals surface area contributed by atoms with E-state index in [0.717, 1.165) is 18.4 Å². The Hall–Kier alpha value is -5.28. The van der Waals surface area contributed by atoms with Crippen LogP contribution in [0, 0.1) is 11.8 Å². The summed E-state index contributed by atoms with van der Waals surface area (Å²) in [4.78, 5) is 33.5. The van der Waals surface area contributed by atoms with Gasteiger partial charge in [-0.3, -0.25) is 4.79 Å². The van der Waals surface area contributed by atoms with Crippen LogP contribution in [-0.2, 0) is 15.9 Å². The number of fused-ring (bicyclic) bond motifs is 1. The topological polar surface area (TPSA) is 163 Å². The quantitative estimate of drug-likeness (QED) is 0.234. The SMILES string of the molecule is CCOC(=O)Oc1cn(C2CCOCC2)c2cc(C#Cc3cc(Cc4cnc(N)nc4N)cc(OC)c3OC)ccc2c1=O. The summed E-state index contributed by atoms with van der Waals surface area (Å²) in [5.74, 6) is 7.69. The maximum Gasteiger partial charge on any atom is 0.514 e. The summed E-state index contributed by atoms with van der Waals surface area (Å²) in [5.41, 5.74) is 14.8. The Labute approximate surface area is 253 Å². The van der Waals surface area contributed by atoms with E-state index in [2.05, 4.69) is 21.8 Å². The Morgan fingerprint density at radius 2 is 1.89 bits per heavy atom. The van der Waals surface area contributed by atoms with E-state index in [1.54, 1.807) is 45.7 Å². The van der Waals surface area contributed by atoms with Crippen LogP contribution >= 0.6 is 0 Å². The summed E-state index contributed by atoms with van der Waals surface area (Å²) >= 11 is 0. The molecule has 12 heteroatoms. The van der Waals surface area contributed by atoms with Crippen molar-refractivity contribution in [1.29, 1.82) is 0 Å². The molecule has 2 aromatic heterocycles. The standard InChI is InChI=1S/C32H33N5O7/c1-4-43-32(39)44-27-18-37(23-9-11-42-12-10-23)25-15-19(6-8-24(25)28(27)38)5-7-21-13-20(16-26(40-2)29(21)41-3)14-22-17-35-31(34)36-30(22)33/h6,8,13,15-18,23H,4,9-12,14H2,1-3H3,(H4,33,34,35,36). The number of carbonyl (C=O) groups excluding carboxylic acids is 1. The van der Waals surface area contributed by atoms with Crippen LogP contribution in [-0.4, -0.2) is 54.7 Å². The molecular weight excluding hydrogens is 566 g/mol. The van der Waals surface area contributed by atoms with E-state index in [1.807, 2.05) is 22.8 Å². The molecule has 44 heavy (non-hydrogen) atoms. The number of methoxy groups -OCH3 is 2. The second-order valence-corrected chi connectivity index (χ2v) is 10.0. The average molecular weight is 600 g/mol. The first kappa shape index (κ1) is 30.2. The Kier molecular flexibility index (Phi) is 9.16. The number of nitrogens with two attached hydrogens (primary N) is 2. The molecule has 0 radical (unpaired) electrons. The Bertz CT molecular complexity index is 1820. The second kappa shape index (κ2) is 13.4. The van der Waals surface area contributed by atoms with Gasteiger partial charge in [-0.2, -0.15) is 4.98 Å². The molecule has 0 bridgehead atoms. The monoisotopic (exact) mass is 599 g/mol. The molecular formula is C32H33N5O7. The first-order valence-electron chi connectivity index (χ1n) is 14.1. The number of benzene rings is 2. The van der Waals surface area contributed by atoms with Crippen LogP contribution in [0.3, 0.4) is 0 Å². The highest BCUT2D eigenvalue weighted by atomic mass is 16.7. The van der Waals surface area contributed by atoms with Crippen molar-refractivity contribution in [3.63, 3.8) is 0 Å². The lowest BCUT2D eigenvalue weighted by Crippen LogP contribution is -2.23. The maximum absolute atomic E-state index is 13.3. The van der Waals surface area contributed by atoms with Gasteiger partial charge in [0.2, 0.25) is 11.4 Å². The molecule has 0 spiro atoms. The minimum Gasteiger partial charge on any atom is -0.493 e. The van der Waals surface area contributed by atoms with Crippen molar-refractivity contribution in [3.8, 4) is 29.1 Å². The summed E-state index contributed by atoms with van der Waals surface area (Å²) in [6.07, 6.45) is 4.13. The minimum absolute atomic E-state index is 0.0328. The molecule has 0 aliphatic carbocycles. The molecule has 5 rings (SSSR count). The summed E-state index contributed by atoms with van der Waals surface area (Å²) < 4.78 is 28.9. The zero-order chi connectivity index (χ0) is 31.2. The van der Waals surface area contributed by atoms with Gasteiger partial charge in [-0.1, -0.05) is 11.8 Å². The normalized spacial score (nSPS) is 13.2. The zero-order valence-corrected chi connectivity index (χ0v) is 24.7. The molecule has 1 saturated heterocycles. The van der Waals surface area contributed by atoms with Crippen molar-refractivity contribution < 1.29 is 28.5 Å². The number of nitrogen functional groups attached to an aromatic ring is 2. The molecule has 4 N–H and O–H groups in total. The minimum atomic E-state index is -0.928. The van der Waals surface area contributed by atoms with Crippen LogP contribution in [0.15, 0.2) is 47.5 Å². The second-order valence-electron chi connectivity index (χ2n) is 10.0. The molecule has 2 aromatic carbocycles. The van der Waals surface area contributed by atoms with E-state index < -0.39 is 11.6 Å². The molecule has 1 fully saturated rings. The van der Waals surface area contributed by atoms with Crippen molar-refractivity contribution in [2.24, 2.45) is 0 Å². The number of anilines is 2. The Morgan fingerprint density at radius 3 is 2.59 bits per heavy atom. The van der Waals surface area contributed by atoms with Gasteiger partial charge < -0.3 is 39.7 Å². The van der Waals surface area contributed by atoms with Gasteiger partial charge in [-0.25, -0.2) is 9.78 Å². The van der Waals surface area contributed by atoms with E-state index in [0.29, 0.717) is 64.5 Å². The van der Waals surface area contributed by atoms with Crippen LogP contribution in [0.5, 0.6) is 17.2 Å². The summed E-state index contributed by atoms with van der Waals surface area (Å²) in [7, 11) is 3.10. The van der Waals surface area contributed by atoms with Crippen molar-refractivity contribution in [2.75, 3.05) is 45.5 Å². The molecule has 0 unspecified atom stereocenters. The molecule has 4 aromatic rings. The van der Waals surface area contributed by atoms with Gasteiger partial charge in [0, 0.05) is 48.4 Å². The van der Waals surface area contributed by atoms with Gasteiger partial charge in [-0.05, 0) is 55.7 Å². The van der Waals surface area contributed by atoms with Crippen LogP contribution < -0.4 is 31.1 Å². The molecule has 1 aliphatic rings. The van der Waals surface area contributed by atoms with Crippen LogP contribution in [0.2, 0.25) is 0 Å². The van der Waals surface area contributed by atoms with Crippen molar-refractivity contribution in [3.05, 3.63) is 75.2 Å². The van der Waals surface area contributed by atoms with E-state index in [4.69, 9.17) is 35.2 Å². The Balaban J connectivity index is 1.57. The third-order valence-corrected chi connectivity index (χ3v) is 7.23. The van der Waals surface area contributed by atoms with Crippen LogP contribution in [0.1, 0.15) is 48.1 Å². The predicted molar refractivity (Wildman–Crippen MR) is 164 cm³/mol. The van der Waals surface area contributed by atoms with Gasteiger partial charge in [0.15, 0.2) is 17.2 Å². The van der Waals surface area contributed by atoms with Crippen molar-refractivity contribution >= 4 is 28.8 Å². The van der Waals surface area contributed by atoms with E-state index >= 15 is 0 Å². The Morgan fingerprint density at radius 1 is 1.09 bits per heavy atom. The molecule has 228 valence electrons. The summed E-state index contributed by atoms with van der Waals surface area (Å²) in [5, 5.41) is 0.397.